The summed E-state index contributed by atoms with van der Waals surface area (Å²) in [5.74, 6) is 1.59. The van der Waals surface area contributed by atoms with Crippen LogP contribution in [0.2, 0.25) is 0 Å². The average Bonchev–Trinajstić information content (AvgIpc) is 2.97. The molecule has 1 aromatic carbocycles. The van der Waals surface area contributed by atoms with E-state index in [4.69, 9.17) is 19.9 Å². The first-order chi connectivity index (χ1) is 10.2. The summed E-state index contributed by atoms with van der Waals surface area (Å²) in [5.41, 5.74) is 7.00. The largest absolute Gasteiger partial charge is 0.493 e. The predicted octanol–water partition coefficient (Wildman–Crippen LogP) is 2.92. The van der Waals surface area contributed by atoms with Crippen molar-refractivity contribution in [1.82, 2.24) is 0 Å². The Morgan fingerprint density at radius 3 is 2.90 bits per heavy atom. The lowest BCUT2D eigenvalue weighted by Gasteiger charge is -2.14. The standard InChI is InChI=1S/C17H27NO3/c1-13(18)11-14-7-8-16(17(12-14)19-2)21-10-4-6-15-5-3-9-20-15/h7-8,12-13,15H,3-6,9-11,18H2,1-2H3. The Hall–Kier alpha value is -1.26. The third-order valence-corrected chi connectivity index (χ3v) is 3.74. The zero-order valence-electron chi connectivity index (χ0n) is 13.1. The Morgan fingerprint density at radius 1 is 1.38 bits per heavy atom. The van der Waals surface area contributed by atoms with E-state index in [2.05, 4.69) is 6.07 Å². The summed E-state index contributed by atoms with van der Waals surface area (Å²) in [5, 5.41) is 0. The van der Waals surface area contributed by atoms with Gasteiger partial charge in [0.25, 0.3) is 0 Å². The normalized spacial score (nSPS) is 19.5. The molecule has 0 radical (unpaired) electrons. The maximum atomic E-state index is 5.84. The zero-order valence-corrected chi connectivity index (χ0v) is 13.1. The Labute approximate surface area is 127 Å². The van der Waals surface area contributed by atoms with Crippen molar-refractivity contribution in [2.75, 3.05) is 20.3 Å². The van der Waals surface area contributed by atoms with Gasteiger partial charge in [0.1, 0.15) is 0 Å². The quantitative estimate of drug-likeness (QED) is 0.749. The van der Waals surface area contributed by atoms with Gasteiger partial charge < -0.3 is 19.9 Å². The van der Waals surface area contributed by atoms with Gasteiger partial charge in [0.2, 0.25) is 0 Å². The van der Waals surface area contributed by atoms with E-state index in [1.807, 2.05) is 19.1 Å². The molecule has 2 N–H and O–H groups in total. The van der Waals surface area contributed by atoms with Crippen molar-refractivity contribution in [3.63, 3.8) is 0 Å². The van der Waals surface area contributed by atoms with Crippen LogP contribution in [0.3, 0.4) is 0 Å². The van der Waals surface area contributed by atoms with E-state index in [0.717, 1.165) is 37.4 Å². The second kappa shape index (κ2) is 8.25. The van der Waals surface area contributed by atoms with E-state index >= 15 is 0 Å². The Balaban J connectivity index is 1.81. The van der Waals surface area contributed by atoms with Crippen molar-refractivity contribution in [1.29, 1.82) is 0 Å². The van der Waals surface area contributed by atoms with Crippen LogP contribution in [0.25, 0.3) is 0 Å². The lowest BCUT2D eigenvalue weighted by molar-refractivity contribution is 0.0980. The molecule has 0 aliphatic carbocycles. The molecular weight excluding hydrogens is 266 g/mol. The van der Waals surface area contributed by atoms with Gasteiger partial charge in [-0.25, -0.2) is 0 Å². The van der Waals surface area contributed by atoms with E-state index in [0.29, 0.717) is 12.7 Å². The van der Waals surface area contributed by atoms with E-state index in [1.54, 1.807) is 7.11 Å². The summed E-state index contributed by atoms with van der Waals surface area (Å²) in [6.45, 7) is 3.62. The van der Waals surface area contributed by atoms with Crippen molar-refractivity contribution >= 4 is 0 Å². The van der Waals surface area contributed by atoms with Crippen molar-refractivity contribution in [3.8, 4) is 11.5 Å². The SMILES string of the molecule is COc1cc(CC(C)N)ccc1OCCCC1CCCO1. The van der Waals surface area contributed by atoms with Crippen LogP contribution in [0.4, 0.5) is 0 Å². The number of rotatable bonds is 8. The molecule has 4 nitrogen and oxygen atoms in total. The van der Waals surface area contributed by atoms with Gasteiger partial charge in [-0.3, -0.25) is 0 Å². The van der Waals surface area contributed by atoms with Gasteiger partial charge in [0.05, 0.1) is 19.8 Å². The molecule has 118 valence electrons. The molecule has 1 aromatic rings. The van der Waals surface area contributed by atoms with Gasteiger partial charge in [-0.05, 0) is 56.7 Å². The predicted molar refractivity (Wildman–Crippen MR) is 84.1 cm³/mol. The highest BCUT2D eigenvalue weighted by atomic mass is 16.5. The molecule has 1 fully saturated rings. The second-order valence-corrected chi connectivity index (χ2v) is 5.79. The first kappa shape index (κ1) is 16.1. The Kier molecular flexibility index (Phi) is 6.33. The lowest BCUT2D eigenvalue weighted by atomic mass is 10.1. The second-order valence-electron chi connectivity index (χ2n) is 5.79. The fourth-order valence-electron chi connectivity index (χ4n) is 2.70. The molecule has 1 heterocycles. The van der Waals surface area contributed by atoms with E-state index in [9.17, 15) is 0 Å². The Morgan fingerprint density at radius 2 is 2.24 bits per heavy atom. The van der Waals surface area contributed by atoms with Crippen LogP contribution in [-0.2, 0) is 11.2 Å². The number of ether oxygens (including phenoxy) is 3. The third kappa shape index (κ3) is 5.21. The van der Waals surface area contributed by atoms with Crippen LogP contribution in [0.5, 0.6) is 11.5 Å². The first-order valence-corrected chi connectivity index (χ1v) is 7.86. The van der Waals surface area contributed by atoms with Crippen molar-refractivity contribution in [2.24, 2.45) is 5.73 Å². The van der Waals surface area contributed by atoms with Crippen molar-refractivity contribution in [3.05, 3.63) is 23.8 Å². The molecule has 21 heavy (non-hydrogen) atoms. The van der Waals surface area contributed by atoms with Crippen LogP contribution >= 0.6 is 0 Å². The third-order valence-electron chi connectivity index (χ3n) is 3.74. The molecule has 2 atom stereocenters. The summed E-state index contributed by atoms with van der Waals surface area (Å²) >= 11 is 0. The fourth-order valence-corrected chi connectivity index (χ4v) is 2.70. The number of methoxy groups -OCH3 is 1. The minimum atomic E-state index is 0.146. The van der Waals surface area contributed by atoms with Gasteiger partial charge >= 0.3 is 0 Å². The molecule has 0 amide bonds. The zero-order chi connectivity index (χ0) is 15.1. The summed E-state index contributed by atoms with van der Waals surface area (Å²) in [7, 11) is 1.67. The highest BCUT2D eigenvalue weighted by molar-refractivity contribution is 5.43. The summed E-state index contributed by atoms with van der Waals surface area (Å²) < 4.78 is 16.9. The van der Waals surface area contributed by atoms with Crippen LogP contribution < -0.4 is 15.2 Å². The van der Waals surface area contributed by atoms with E-state index in [-0.39, 0.29) is 6.04 Å². The van der Waals surface area contributed by atoms with Crippen LogP contribution in [0, 0.1) is 0 Å². The first-order valence-electron chi connectivity index (χ1n) is 7.86. The van der Waals surface area contributed by atoms with Crippen LogP contribution in [0.15, 0.2) is 18.2 Å². The summed E-state index contributed by atoms with van der Waals surface area (Å²) in [6.07, 6.45) is 5.75. The fraction of sp³-hybridized carbons (Fsp3) is 0.647. The number of benzene rings is 1. The average molecular weight is 293 g/mol. The van der Waals surface area contributed by atoms with Crippen molar-refractivity contribution in [2.45, 2.75) is 51.2 Å². The minimum Gasteiger partial charge on any atom is -0.493 e. The van der Waals surface area contributed by atoms with Gasteiger partial charge in [0.15, 0.2) is 11.5 Å². The van der Waals surface area contributed by atoms with E-state index in [1.165, 1.54) is 18.4 Å². The highest BCUT2D eigenvalue weighted by Crippen LogP contribution is 2.29. The maximum absolute atomic E-state index is 5.84. The van der Waals surface area contributed by atoms with E-state index < -0.39 is 0 Å². The molecule has 0 aromatic heterocycles. The molecule has 2 rings (SSSR count). The molecular formula is C17H27NO3. The number of hydrogen-bond acceptors (Lipinski definition) is 4. The summed E-state index contributed by atoms with van der Waals surface area (Å²) in [4.78, 5) is 0. The lowest BCUT2D eigenvalue weighted by Crippen LogP contribution is -2.17. The monoisotopic (exact) mass is 293 g/mol. The van der Waals surface area contributed by atoms with Crippen LogP contribution in [-0.4, -0.2) is 32.5 Å². The number of hydrogen-bond donors (Lipinski definition) is 1. The molecule has 4 heteroatoms. The molecule has 1 aliphatic rings. The smallest absolute Gasteiger partial charge is 0.161 e. The molecule has 0 spiro atoms. The van der Waals surface area contributed by atoms with Gasteiger partial charge in [-0.1, -0.05) is 6.07 Å². The topological polar surface area (TPSA) is 53.7 Å². The molecule has 0 bridgehead atoms. The number of nitrogens with two attached hydrogens (primary N) is 1. The highest BCUT2D eigenvalue weighted by Gasteiger charge is 2.15. The molecule has 0 saturated carbocycles. The molecule has 1 saturated heterocycles. The molecule has 2 unspecified atom stereocenters. The minimum absolute atomic E-state index is 0.146. The van der Waals surface area contributed by atoms with Gasteiger partial charge in [-0.15, -0.1) is 0 Å². The van der Waals surface area contributed by atoms with Crippen molar-refractivity contribution < 1.29 is 14.2 Å². The van der Waals surface area contributed by atoms with Gasteiger partial charge in [0, 0.05) is 12.6 Å². The Bertz CT molecular complexity index is 428. The molecule has 1 aliphatic heterocycles. The van der Waals surface area contributed by atoms with Crippen LogP contribution in [0.1, 0.15) is 38.2 Å². The maximum Gasteiger partial charge on any atom is 0.161 e. The summed E-state index contributed by atoms with van der Waals surface area (Å²) in [6, 6.07) is 6.19. The van der Waals surface area contributed by atoms with Gasteiger partial charge in [-0.2, -0.15) is 0 Å².